The number of benzene rings is 3. The molecule has 0 aliphatic heterocycles. The van der Waals surface area contributed by atoms with E-state index in [1.807, 2.05) is 60.7 Å². The second kappa shape index (κ2) is 8.67. The summed E-state index contributed by atoms with van der Waals surface area (Å²) in [6.07, 6.45) is 2.67. The number of aryl methyl sites for hydroxylation is 1. The quantitative estimate of drug-likeness (QED) is 0.355. The molecule has 0 saturated carbocycles. The van der Waals surface area contributed by atoms with E-state index in [1.165, 1.54) is 5.56 Å². The molecule has 0 atom stereocenters. The molecule has 0 amide bonds. The van der Waals surface area contributed by atoms with E-state index < -0.39 is 0 Å². The summed E-state index contributed by atoms with van der Waals surface area (Å²) in [4.78, 5) is 12.9. The van der Waals surface area contributed by atoms with Crippen molar-refractivity contribution in [1.82, 2.24) is 0 Å². The number of nitrogens with zero attached hydrogens (tertiary/aromatic N) is 2. The Hall–Kier alpha value is -3.33. The Labute approximate surface area is 153 Å². The molecule has 3 rings (SSSR count). The Kier molecular flexibility index (Phi) is 5.84. The molecule has 0 unspecified atom stereocenters. The van der Waals surface area contributed by atoms with Crippen molar-refractivity contribution in [3.63, 3.8) is 0 Å². The molecule has 128 valence electrons. The third-order valence-corrected chi connectivity index (χ3v) is 4.05. The third kappa shape index (κ3) is 4.39. The fourth-order valence-electron chi connectivity index (χ4n) is 2.55. The van der Waals surface area contributed by atoms with Gasteiger partial charge < -0.3 is 0 Å². The molecule has 3 nitrogen and oxygen atoms in total. The third-order valence-electron chi connectivity index (χ3n) is 4.05. The highest BCUT2D eigenvalue weighted by atomic mass is 16.1. The highest BCUT2D eigenvalue weighted by Gasteiger charge is 2.15. The second-order valence-electron chi connectivity index (χ2n) is 5.85. The van der Waals surface area contributed by atoms with Gasteiger partial charge in [-0.25, -0.2) is 0 Å². The minimum Gasteiger partial charge on any atom is -0.287 e. The van der Waals surface area contributed by atoms with E-state index in [-0.39, 0.29) is 5.78 Å². The first-order chi connectivity index (χ1) is 12.8. The first kappa shape index (κ1) is 17.5. The van der Waals surface area contributed by atoms with Gasteiger partial charge in [-0.2, -0.15) is 5.10 Å². The Balaban J connectivity index is 1.91. The van der Waals surface area contributed by atoms with E-state index in [0.717, 1.165) is 17.5 Å². The van der Waals surface area contributed by atoms with Gasteiger partial charge in [0.05, 0.1) is 6.21 Å². The van der Waals surface area contributed by atoms with Crippen molar-refractivity contribution in [1.29, 1.82) is 0 Å². The van der Waals surface area contributed by atoms with Crippen LogP contribution in [0.15, 0.2) is 95.1 Å². The van der Waals surface area contributed by atoms with Gasteiger partial charge in [0.2, 0.25) is 5.78 Å². The van der Waals surface area contributed by atoms with Crippen LogP contribution in [0.2, 0.25) is 0 Å². The average Bonchev–Trinajstić information content (AvgIpc) is 2.72. The largest absolute Gasteiger partial charge is 0.287 e. The number of ketones is 1. The van der Waals surface area contributed by atoms with Gasteiger partial charge in [0, 0.05) is 11.1 Å². The van der Waals surface area contributed by atoms with Crippen LogP contribution >= 0.6 is 0 Å². The fraction of sp³-hybridized carbons (Fsp3) is 0.0870. The summed E-state index contributed by atoms with van der Waals surface area (Å²) < 4.78 is 0. The van der Waals surface area contributed by atoms with Crippen molar-refractivity contribution in [2.75, 3.05) is 0 Å². The lowest BCUT2D eigenvalue weighted by Crippen LogP contribution is -2.15. The molecular formula is C23H20N2O. The number of carbonyl (C=O) groups excluding carboxylic acids is 1. The Morgan fingerprint density at radius 1 is 0.808 bits per heavy atom. The van der Waals surface area contributed by atoms with E-state index in [4.69, 9.17) is 0 Å². The Morgan fingerprint density at radius 2 is 1.38 bits per heavy atom. The zero-order valence-electron chi connectivity index (χ0n) is 14.7. The summed E-state index contributed by atoms with van der Waals surface area (Å²) in [6, 6.07) is 26.7. The predicted octanol–water partition coefficient (Wildman–Crippen LogP) is 4.96. The normalized spacial score (nSPS) is 11.7. The van der Waals surface area contributed by atoms with Crippen LogP contribution in [0.25, 0.3) is 0 Å². The molecule has 0 aromatic heterocycles. The number of hydrogen-bond acceptors (Lipinski definition) is 3. The minimum absolute atomic E-state index is 0.143. The van der Waals surface area contributed by atoms with Crippen molar-refractivity contribution in [2.24, 2.45) is 10.2 Å². The number of Topliss-reactive ketones (excluding diaryl/α,β-unsaturated/α-hetero) is 1. The van der Waals surface area contributed by atoms with Gasteiger partial charge in [-0.05, 0) is 17.5 Å². The van der Waals surface area contributed by atoms with E-state index in [1.54, 1.807) is 18.3 Å². The van der Waals surface area contributed by atoms with Crippen LogP contribution in [0.3, 0.4) is 0 Å². The van der Waals surface area contributed by atoms with Crippen LogP contribution in [0.5, 0.6) is 0 Å². The molecule has 0 radical (unpaired) electrons. The highest BCUT2D eigenvalue weighted by Crippen LogP contribution is 2.10. The fourth-order valence-corrected chi connectivity index (χ4v) is 2.55. The molecule has 0 bridgehead atoms. The molecule has 0 heterocycles. The van der Waals surface area contributed by atoms with Crippen LogP contribution in [-0.4, -0.2) is 17.7 Å². The van der Waals surface area contributed by atoms with Gasteiger partial charge in [0.15, 0.2) is 0 Å². The maximum Gasteiger partial charge on any atom is 0.213 e. The lowest BCUT2D eigenvalue weighted by atomic mass is 10.0. The number of carbonyl (C=O) groups is 1. The standard InChI is InChI=1S/C23H20N2O/c1-2-18-13-15-19(16-14-18)17-24-25-22(20-9-5-3-6-10-20)23(26)21-11-7-4-8-12-21/h3-17H,2H2,1H3/b24-17-,25-22-. The van der Waals surface area contributed by atoms with Crippen LogP contribution in [0.1, 0.15) is 34.0 Å². The SMILES string of the molecule is CCc1ccc(/C=N\N=C(/C(=O)c2ccccc2)c2ccccc2)cc1. The van der Waals surface area contributed by atoms with Gasteiger partial charge in [0.1, 0.15) is 5.71 Å². The molecule has 3 aromatic rings. The van der Waals surface area contributed by atoms with Crippen molar-refractivity contribution < 1.29 is 4.79 Å². The summed E-state index contributed by atoms with van der Waals surface area (Å²) >= 11 is 0. The molecule has 0 N–H and O–H groups in total. The van der Waals surface area contributed by atoms with Gasteiger partial charge in [0.25, 0.3) is 0 Å². The van der Waals surface area contributed by atoms with Crippen molar-refractivity contribution >= 4 is 17.7 Å². The van der Waals surface area contributed by atoms with Crippen molar-refractivity contribution in [2.45, 2.75) is 13.3 Å². The van der Waals surface area contributed by atoms with E-state index in [0.29, 0.717) is 11.3 Å². The van der Waals surface area contributed by atoms with E-state index >= 15 is 0 Å². The smallest absolute Gasteiger partial charge is 0.213 e. The maximum absolute atomic E-state index is 12.9. The molecule has 0 aliphatic carbocycles. The molecular weight excluding hydrogens is 320 g/mol. The monoisotopic (exact) mass is 340 g/mol. The van der Waals surface area contributed by atoms with Crippen molar-refractivity contribution in [3.05, 3.63) is 107 Å². The zero-order chi connectivity index (χ0) is 18.2. The van der Waals surface area contributed by atoms with E-state index in [2.05, 4.69) is 29.3 Å². The molecule has 3 aromatic carbocycles. The van der Waals surface area contributed by atoms with Gasteiger partial charge in [-0.15, -0.1) is 5.10 Å². The maximum atomic E-state index is 12.9. The molecule has 3 heteroatoms. The van der Waals surface area contributed by atoms with Gasteiger partial charge in [-0.1, -0.05) is 91.9 Å². The number of rotatable bonds is 6. The lowest BCUT2D eigenvalue weighted by molar-refractivity contribution is 0.106. The van der Waals surface area contributed by atoms with Crippen LogP contribution < -0.4 is 0 Å². The van der Waals surface area contributed by atoms with E-state index in [9.17, 15) is 4.79 Å². The summed E-state index contributed by atoms with van der Waals surface area (Å²) in [5, 5.41) is 8.41. The topological polar surface area (TPSA) is 41.8 Å². The first-order valence-corrected chi connectivity index (χ1v) is 8.63. The zero-order valence-corrected chi connectivity index (χ0v) is 14.7. The molecule has 0 aliphatic rings. The molecule has 0 spiro atoms. The summed E-state index contributed by atoms with van der Waals surface area (Å²) in [5.74, 6) is -0.143. The van der Waals surface area contributed by atoms with Gasteiger partial charge >= 0.3 is 0 Å². The van der Waals surface area contributed by atoms with Crippen LogP contribution in [0.4, 0.5) is 0 Å². The molecule has 0 saturated heterocycles. The minimum atomic E-state index is -0.143. The summed E-state index contributed by atoms with van der Waals surface area (Å²) in [7, 11) is 0. The van der Waals surface area contributed by atoms with Crippen LogP contribution in [-0.2, 0) is 6.42 Å². The summed E-state index contributed by atoms with van der Waals surface area (Å²) in [6.45, 7) is 2.12. The lowest BCUT2D eigenvalue weighted by Gasteiger charge is -2.04. The Bertz CT molecular complexity index is 911. The van der Waals surface area contributed by atoms with Crippen LogP contribution in [0, 0.1) is 0 Å². The highest BCUT2D eigenvalue weighted by molar-refractivity contribution is 6.51. The second-order valence-corrected chi connectivity index (χ2v) is 5.85. The van der Waals surface area contributed by atoms with Crippen molar-refractivity contribution in [3.8, 4) is 0 Å². The van der Waals surface area contributed by atoms with Gasteiger partial charge in [-0.3, -0.25) is 4.79 Å². The number of hydrogen-bond donors (Lipinski definition) is 0. The first-order valence-electron chi connectivity index (χ1n) is 8.63. The molecule has 0 fully saturated rings. The average molecular weight is 340 g/mol. The summed E-state index contributed by atoms with van der Waals surface area (Å²) in [5.41, 5.74) is 3.90. The Morgan fingerprint density at radius 3 is 1.96 bits per heavy atom. The predicted molar refractivity (Wildman–Crippen MR) is 107 cm³/mol. The molecule has 26 heavy (non-hydrogen) atoms.